The second-order valence-electron chi connectivity index (χ2n) is 7.03. The van der Waals surface area contributed by atoms with E-state index in [9.17, 15) is 4.79 Å². The Hall–Kier alpha value is -1.39. The number of rotatable bonds is 7. The van der Waals surface area contributed by atoms with Crippen LogP contribution in [0.5, 0.6) is 0 Å². The predicted octanol–water partition coefficient (Wildman–Crippen LogP) is 3.54. The van der Waals surface area contributed by atoms with Gasteiger partial charge in [0.2, 0.25) is 0 Å². The maximum Gasteiger partial charge on any atom is 0.251 e. The second kappa shape index (κ2) is 9.19. The van der Waals surface area contributed by atoms with E-state index in [2.05, 4.69) is 34.5 Å². The molecule has 0 aromatic heterocycles. The highest BCUT2D eigenvalue weighted by molar-refractivity contribution is 5.84. The Morgan fingerprint density at radius 3 is 2.38 bits per heavy atom. The highest BCUT2D eigenvalue weighted by atomic mass is 16.5. The minimum Gasteiger partial charge on any atom is -0.366 e. The average Bonchev–Trinajstić information content (AvgIpc) is 2.85. The lowest BCUT2D eigenvalue weighted by molar-refractivity contribution is -0.142. The smallest absolute Gasteiger partial charge is 0.251 e. The lowest BCUT2D eigenvalue weighted by atomic mass is 10.0. The van der Waals surface area contributed by atoms with Crippen LogP contribution in [0.3, 0.4) is 0 Å². The highest BCUT2D eigenvalue weighted by Gasteiger charge is 2.29. The van der Waals surface area contributed by atoms with E-state index < -0.39 is 5.60 Å². The molecule has 0 spiro atoms. The number of carbonyl (C=O) groups excluding carboxylic acids is 1. The van der Waals surface area contributed by atoms with E-state index in [-0.39, 0.29) is 11.9 Å². The Labute approximate surface area is 146 Å². The van der Waals surface area contributed by atoms with Crippen LogP contribution >= 0.6 is 0 Å². The summed E-state index contributed by atoms with van der Waals surface area (Å²) >= 11 is 0. The van der Waals surface area contributed by atoms with Crippen molar-refractivity contribution in [3.63, 3.8) is 0 Å². The molecule has 0 unspecified atom stereocenters. The topological polar surface area (TPSA) is 41.6 Å². The summed E-state index contributed by atoms with van der Waals surface area (Å²) in [6.45, 7) is 8.94. The SMILES string of the molecule is CCOC(C)(C)C(=O)NC[C@@H](c1ccccc1)N1CCCCCC1. The number of carbonyl (C=O) groups is 1. The monoisotopic (exact) mass is 332 g/mol. The molecule has 1 saturated heterocycles. The van der Waals surface area contributed by atoms with Crippen LogP contribution in [-0.2, 0) is 9.53 Å². The maximum absolute atomic E-state index is 12.5. The van der Waals surface area contributed by atoms with Crippen molar-refractivity contribution in [2.24, 2.45) is 0 Å². The summed E-state index contributed by atoms with van der Waals surface area (Å²) in [5.41, 5.74) is 0.489. The van der Waals surface area contributed by atoms with E-state index >= 15 is 0 Å². The van der Waals surface area contributed by atoms with Gasteiger partial charge >= 0.3 is 0 Å². The molecular weight excluding hydrogens is 300 g/mol. The Balaban J connectivity index is 2.07. The number of nitrogens with one attached hydrogen (secondary N) is 1. The molecule has 2 rings (SSSR count). The van der Waals surface area contributed by atoms with Gasteiger partial charge in [0.1, 0.15) is 5.60 Å². The zero-order chi connectivity index (χ0) is 17.4. The summed E-state index contributed by atoms with van der Waals surface area (Å²) in [6.07, 6.45) is 5.09. The fourth-order valence-corrected chi connectivity index (χ4v) is 3.37. The molecule has 0 saturated carbocycles. The van der Waals surface area contributed by atoms with Gasteiger partial charge < -0.3 is 10.1 Å². The third-order valence-electron chi connectivity index (χ3n) is 4.77. The first-order chi connectivity index (χ1) is 11.5. The normalized spacial score (nSPS) is 18.0. The molecule has 4 nitrogen and oxygen atoms in total. The molecule has 1 aromatic rings. The minimum atomic E-state index is -0.783. The Morgan fingerprint density at radius 1 is 1.17 bits per heavy atom. The number of ether oxygens (including phenoxy) is 1. The molecular formula is C20H32N2O2. The first-order valence-electron chi connectivity index (χ1n) is 9.26. The molecule has 24 heavy (non-hydrogen) atoms. The highest BCUT2D eigenvalue weighted by Crippen LogP contribution is 2.24. The van der Waals surface area contributed by atoms with Crippen LogP contribution in [-0.4, -0.2) is 42.6 Å². The predicted molar refractivity (Wildman–Crippen MR) is 97.9 cm³/mol. The van der Waals surface area contributed by atoms with Crippen LogP contribution in [0.1, 0.15) is 58.1 Å². The van der Waals surface area contributed by atoms with Crippen LogP contribution in [0.15, 0.2) is 30.3 Å². The van der Waals surface area contributed by atoms with Crippen molar-refractivity contribution < 1.29 is 9.53 Å². The van der Waals surface area contributed by atoms with Gasteiger partial charge in [-0.2, -0.15) is 0 Å². The van der Waals surface area contributed by atoms with Crippen LogP contribution in [0, 0.1) is 0 Å². The Bertz CT molecular complexity index is 494. The molecule has 0 radical (unpaired) electrons. The van der Waals surface area contributed by atoms with Gasteiger partial charge in [0.15, 0.2) is 0 Å². The minimum absolute atomic E-state index is 0.0416. The van der Waals surface area contributed by atoms with Gasteiger partial charge in [-0.25, -0.2) is 0 Å². The molecule has 1 aliphatic rings. The van der Waals surface area contributed by atoms with Gasteiger partial charge in [-0.1, -0.05) is 43.2 Å². The summed E-state index contributed by atoms with van der Waals surface area (Å²) in [4.78, 5) is 15.0. The van der Waals surface area contributed by atoms with Crippen molar-refractivity contribution in [2.45, 2.75) is 58.1 Å². The molecule has 134 valence electrons. The quantitative estimate of drug-likeness (QED) is 0.830. The Kier molecular flexibility index (Phi) is 7.25. The van der Waals surface area contributed by atoms with Crippen molar-refractivity contribution in [3.8, 4) is 0 Å². The zero-order valence-electron chi connectivity index (χ0n) is 15.4. The van der Waals surface area contributed by atoms with E-state index in [0.717, 1.165) is 13.1 Å². The van der Waals surface area contributed by atoms with E-state index in [1.54, 1.807) is 0 Å². The maximum atomic E-state index is 12.5. The number of hydrogen-bond acceptors (Lipinski definition) is 3. The lowest BCUT2D eigenvalue weighted by Crippen LogP contribution is -2.47. The summed E-state index contributed by atoms with van der Waals surface area (Å²) < 4.78 is 5.57. The van der Waals surface area contributed by atoms with E-state index in [1.807, 2.05) is 26.8 Å². The van der Waals surface area contributed by atoms with Crippen molar-refractivity contribution in [1.82, 2.24) is 10.2 Å². The van der Waals surface area contributed by atoms with Gasteiger partial charge in [0, 0.05) is 13.2 Å². The zero-order valence-corrected chi connectivity index (χ0v) is 15.4. The summed E-state index contributed by atoms with van der Waals surface area (Å²) in [6, 6.07) is 10.7. The molecule has 1 heterocycles. The number of benzene rings is 1. The van der Waals surface area contributed by atoms with Gasteiger partial charge in [-0.15, -0.1) is 0 Å². The molecule has 1 fully saturated rings. The van der Waals surface area contributed by atoms with E-state index in [4.69, 9.17) is 4.74 Å². The molecule has 1 amide bonds. The van der Waals surface area contributed by atoms with Gasteiger partial charge in [-0.3, -0.25) is 9.69 Å². The van der Waals surface area contributed by atoms with Gasteiger partial charge in [0.25, 0.3) is 5.91 Å². The number of nitrogens with zero attached hydrogens (tertiary/aromatic N) is 1. The van der Waals surface area contributed by atoms with Crippen molar-refractivity contribution >= 4 is 5.91 Å². The second-order valence-corrected chi connectivity index (χ2v) is 7.03. The largest absolute Gasteiger partial charge is 0.366 e. The molecule has 0 aliphatic carbocycles. The van der Waals surface area contributed by atoms with E-state index in [0.29, 0.717) is 13.2 Å². The summed E-state index contributed by atoms with van der Waals surface area (Å²) in [5, 5.41) is 3.12. The molecule has 1 aromatic carbocycles. The third kappa shape index (κ3) is 5.32. The molecule has 1 N–H and O–H groups in total. The molecule has 0 bridgehead atoms. The Morgan fingerprint density at radius 2 is 1.79 bits per heavy atom. The van der Waals surface area contributed by atoms with Crippen LogP contribution in [0.2, 0.25) is 0 Å². The lowest BCUT2D eigenvalue weighted by Gasteiger charge is -2.32. The molecule has 1 aliphatic heterocycles. The average molecular weight is 332 g/mol. The summed E-state index contributed by atoms with van der Waals surface area (Å²) in [5.74, 6) is -0.0416. The first-order valence-corrected chi connectivity index (χ1v) is 9.26. The fourth-order valence-electron chi connectivity index (χ4n) is 3.37. The van der Waals surface area contributed by atoms with Crippen molar-refractivity contribution in [2.75, 3.05) is 26.2 Å². The van der Waals surface area contributed by atoms with Gasteiger partial charge in [-0.05, 0) is 52.3 Å². The third-order valence-corrected chi connectivity index (χ3v) is 4.77. The first kappa shape index (κ1) is 18.9. The number of amides is 1. The van der Waals surface area contributed by atoms with Gasteiger partial charge in [0.05, 0.1) is 6.04 Å². The molecule has 4 heteroatoms. The van der Waals surface area contributed by atoms with E-state index in [1.165, 1.54) is 31.2 Å². The fraction of sp³-hybridized carbons (Fsp3) is 0.650. The van der Waals surface area contributed by atoms with Crippen molar-refractivity contribution in [3.05, 3.63) is 35.9 Å². The van der Waals surface area contributed by atoms with Crippen LogP contribution < -0.4 is 5.32 Å². The standard InChI is InChI=1S/C20H32N2O2/c1-4-24-20(2,3)19(23)21-16-18(17-12-8-7-9-13-17)22-14-10-5-6-11-15-22/h7-9,12-13,18H,4-6,10-11,14-16H2,1-3H3,(H,21,23)/t18-/m0/s1. The van der Waals surface area contributed by atoms with Crippen molar-refractivity contribution in [1.29, 1.82) is 0 Å². The number of hydrogen-bond donors (Lipinski definition) is 1. The summed E-state index contributed by atoms with van der Waals surface area (Å²) in [7, 11) is 0. The van der Waals surface area contributed by atoms with Crippen LogP contribution in [0.25, 0.3) is 0 Å². The number of likely N-dealkylation sites (tertiary alicyclic amines) is 1. The molecule has 1 atom stereocenters. The van der Waals surface area contributed by atoms with Crippen LogP contribution in [0.4, 0.5) is 0 Å².